The molecule has 1 aliphatic rings. The van der Waals surface area contributed by atoms with Crippen LogP contribution in [0.1, 0.15) is 71.6 Å². The molecular weight excluding hydrogens is 642 g/mol. The molecule has 4 rings (SSSR count). The number of nitrogens with one attached hydrogen (secondary N) is 2. The molecule has 10 nitrogen and oxygen atoms in total. The maximum Gasteiger partial charge on any atom is 0.243 e. The minimum atomic E-state index is -1.04. The minimum Gasteiger partial charge on any atom is -0.508 e. The van der Waals surface area contributed by atoms with E-state index in [9.17, 15) is 24.3 Å². The number of hydrogen-bond donors (Lipinski definition) is 5. The Hall–Kier alpha value is -4.41. The number of nitrogens with zero attached hydrogens (tertiary/aromatic N) is 1. The van der Waals surface area contributed by atoms with Crippen molar-refractivity contribution >= 4 is 36.0 Å². The zero-order chi connectivity index (χ0) is 35.1. The van der Waals surface area contributed by atoms with Gasteiger partial charge in [-0.1, -0.05) is 62.4 Å². The number of halogens is 1. The highest BCUT2D eigenvalue weighted by Crippen LogP contribution is 2.26. The number of aryl methyl sites for hydroxylation is 3. The van der Waals surface area contributed by atoms with Crippen LogP contribution in [0.2, 0.25) is 0 Å². The zero-order valence-electron chi connectivity index (χ0n) is 29.0. The van der Waals surface area contributed by atoms with Gasteiger partial charge in [0.15, 0.2) is 0 Å². The molecular formula is C38H50ClN5O5. The van der Waals surface area contributed by atoms with Crippen LogP contribution in [0.5, 0.6) is 5.75 Å². The molecule has 0 spiro atoms. The summed E-state index contributed by atoms with van der Waals surface area (Å²) in [4.78, 5) is 55.6. The third-order valence-electron chi connectivity index (χ3n) is 9.31. The third-order valence-corrected chi connectivity index (χ3v) is 9.31. The number of benzene rings is 3. The topological polar surface area (TPSA) is 168 Å². The van der Waals surface area contributed by atoms with Gasteiger partial charge >= 0.3 is 0 Å². The lowest BCUT2D eigenvalue weighted by molar-refractivity contribution is -0.140. The monoisotopic (exact) mass is 691 g/mol. The summed E-state index contributed by atoms with van der Waals surface area (Å²) in [7, 11) is 0. The number of carbonyl (C=O) groups excluding carboxylic acids is 4. The first kappa shape index (κ1) is 39.0. The van der Waals surface area contributed by atoms with E-state index in [4.69, 9.17) is 11.5 Å². The van der Waals surface area contributed by atoms with Crippen molar-refractivity contribution < 1.29 is 24.3 Å². The first-order chi connectivity index (χ1) is 22.8. The summed E-state index contributed by atoms with van der Waals surface area (Å²) in [6.07, 6.45) is 1.69. The van der Waals surface area contributed by atoms with Gasteiger partial charge in [0.25, 0.3) is 0 Å². The van der Waals surface area contributed by atoms with Crippen LogP contribution < -0.4 is 22.1 Å². The summed E-state index contributed by atoms with van der Waals surface area (Å²) in [5, 5.41) is 15.7. The van der Waals surface area contributed by atoms with Crippen LogP contribution >= 0.6 is 12.4 Å². The largest absolute Gasteiger partial charge is 0.508 e. The number of aromatic hydroxyl groups is 1. The fourth-order valence-electron chi connectivity index (χ4n) is 6.69. The Bertz CT molecular complexity index is 1620. The van der Waals surface area contributed by atoms with Gasteiger partial charge < -0.3 is 32.1 Å². The Morgan fingerprint density at radius 1 is 0.857 bits per heavy atom. The Morgan fingerprint density at radius 3 is 2.12 bits per heavy atom. The average molecular weight is 692 g/mol. The molecule has 0 aliphatic carbocycles. The Kier molecular flexibility index (Phi) is 13.8. The van der Waals surface area contributed by atoms with Crippen molar-refractivity contribution in [1.29, 1.82) is 0 Å². The molecule has 3 aromatic rings. The Balaban J connectivity index is 0.00000650. The SMILES string of the molecule is Cc1cc(O)cc(C)c1C[C@H](N)C(=O)N1CCC[C@H]1C(=O)N[C@@H](Cc1c(C)cccc1C(C)C)C(=O)N[C@@H](Cc1ccccc1)C(N)=O.Cl. The van der Waals surface area contributed by atoms with E-state index < -0.39 is 41.9 Å². The number of nitrogens with two attached hydrogens (primary N) is 2. The van der Waals surface area contributed by atoms with E-state index in [2.05, 4.69) is 24.5 Å². The molecule has 1 aliphatic heterocycles. The lowest BCUT2D eigenvalue weighted by atomic mass is 9.89. The van der Waals surface area contributed by atoms with Gasteiger partial charge in [-0.3, -0.25) is 19.2 Å². The van der Waals surface area contributed by atoms with Gasteiger partial charge in [0.1, 0.15) is 23.9 Å². The van der Waals surface area contributed by atoms with Gasteiger partial charge in [-0.2, -0.15) is 0 Å². The van der Waals surface area contributed by atoms with Crippen molar-refractivity contribution in [2.75, 3.05) is 6.54 Å². The third kappa shape index (κ3) is 9.83. The number of amides is 4. The maximum atomic E-state index is 14.0. The van der Waals surface area contributed by atoms with Gasteiger partial charge in [-0.25, -0.2) is 0 Å². The van der Waals surface area contributed by atoms with E-state index in [0.717, 1.165) is 38.9 Å². The van der Waals surface area contributed by atoms with Crippen LogP contribution in [0.25, 0.3) is 0 Å². The van der Waals surface area contributed by atoms with Crippen molar-refractivity contribution in [2.24, 2.45) is 11.5 Å². The molecule has 49 heavy (non-hydrogen) atoms. The molecule has 0 radical (unpaired) electrons. The molecule has 264 valence electrons. The summed E-state index contributed by atoms with van der Waals surface area (Å²) in [5.41, 5.74) is 18.5. The summed E-state index contributed by atoms with van der Waals surface area (Å²) in [6.45, 7) is 10.2. The van der Waals surface area contributed by atoms with Crippen LogP contribution in [0.15, 0.2) is 60.7 Å². The molecule has 0 aromatic heterocycles. The van der Waals surface area contributed by atoms with E-state index in [1.807, 2.05) is 69.3 Å². The standard InChI is InChI=1S/C38H49N5O5.ClH/c1-22(2)28-14-9-11-23(3)30(28)21-33(36(46)41-32(35(40)45)19-26-12-7-6-8-13-26)42-37(47)34-15-10-16-43(34)38(48)31(39)20-29-24(4)17-27(44)18-25(29)5;/h6-9,11-14,17-18,22,31-34,44H,10,15-16,19-21,39H2,1-5H3,(H2,40,45)(H,41,46)(H,42,47);1H/t31-,32-,33-,34-;/m0./s1. The number of carbonyl (C=O) groups is 4. The van der Waals surface area contributed by atoms with E-state index in [1.165, 1.54) is 4.90 Å². The number of phenols is 1. The normalized spacial score (nSPS) is 16.0. The quantitative estimate of drug-likeness (QED) is 0.183. The zero-order valence-corrected chi connectivity index (χ0v) is 29.8. The summed E-state index contributed by atoms with van der Waals surface area (Å²) < 4.78 is 0. The second kappa shape index (κ2) is 17.3. The molecule has 1 fully saturated rings. The van der Waals surface area contributed by atoms with E-state index in [1.54, 1.807) is 12.1 Å². The van der Waals surface area contributed by atoms with Gasteiger partial charge in [0.2, 0.25) is 23.6 Å². The lowest BCUT2D eigenvalue weighted by Crippen LogP contribution is -2.58. The smallest absolute Gasteiger partial charge is 0.243 e. The molecule has 4 atom stereocenters. The molecule has 4 amide bonds. The summed E-state index contributed by atoms with van der Waals surface area (Å²) >= 11 is 0. The van der Waals surface area contributed by atoms with Crippen LogP contribution in [-0.2, 0) is 38.4 Å². The predicted molar refractivity (Wildman–Crippen MR) is 193 cm³/mol. The second-order valence-electron chi connectivity index (χ2n) is 13.3. The minimum absolute atomic E-state index is 0. The van der Waals surface area contributed by atoms with Gasteiger partial charge in [-0.05, 0) is 97.0 Å². The Labute approximate surface area is 295 Å². The second-order valence-corrected chi connectivity index (χ2v) is 13.3. The summed E-state index contributed by atoms with van der Waals surface area (Å²) in [6, 6.07) is 14.8. The number of phenolic OH excluding ortho intramolecular Hbond substituents is 1. The number of rotatable bonds is 13. The fourth-order valence-corrected chi connectivity index (χ4v) is 6.69. The van der Waals surface area contributed by atoms with E-state index in [0.29, 0.717) is 19.4 Å². The highest BCUT2D eigenvalue weighted by atomic mass is 35.5. The maximum absolute atomic E-state index is 14.0. The lowest BCUT2D eigenvalue weighted by Gasteiger charge is -2.29. The number of hydrogen-bond acceptors (Lipinski definition) is 6. The van der Waals surface area contributed by atoms with Crippen molar-refractivity contribution in [3.8, 4) is 5.75 Å². The molecule has 0 saturated carbocycles. The highest BCUT2D eigenvalue weighted by Gasteiger charge is 2.38. The first-order valence-corrected chi connectivity index (χ1v) is 16.6. The van der Waals surface area contributed by atoms with Crippen molar-refractivity contribution in [3.05, 3.63) is 99.6 Å². The number of primary amides is 1. The highest BCUT2D eigenvalue weighted by molar-refractivity contribution is 5.95. The van der Waals surface area contributed by atoms with Crippen molar-refractivity contribution in [3.63, 3.8) is 0 Å². The molecule has 1 saturated heterocycles. The molecule has 3 aromatic carbocycles. The average Bonchev–Trinajstić information content (AvgIpc) is 3.53. The van der Waals surface area contributed by atoms with Crippen molar-refractivity contribution in [1.82, 2.24) is 15.5 Å². The predicted octanol–water partition coefficient (Wildman–Crippen LogP) is 3.66. The van der Waals surface area contributed by atoms with Crippen molar-refractivity contribution in [2.45, 2.75) is 96.8 Å². The molecule has 0 bridgehead atoms. The Morgan fingerprint density at radius 2 is 1.51 bits per heavy atom. The first-order valence-electron chi connectivity index (χ1n) is 16.6. The van der Waals surface area contributed by atoms with Crippen LogP contribution in [0.3, 0.4) is 0 Å². The van der Waals surface area contributed by atoms with Crippen LogP contribution in [0.4, 0.5) is 0 Å². The van der Waals surface area contributed by atoms with E-state index >= 15 is 0 Å². The van der Waals surface area contributed by atoms with Crippen LogP contribution in [0, 0.1) is 20.8 Å². The molecule has 7 N–H and O–H groups in total. The van der Waals surface area contributed by atoms with E-state index in [-0.39, 0.29) is 49.2 Å². The van der Waals surface area contributed by atoms with Gasteiger partial charge in [0, 0.05) is 19.4 Å². The van der Waals surface area contributed by atoms with Gasteiger partial charge in [0.05, 0.1) is 6.04 Å². The van der Waals surface area contributed by atoms with Gasteiger partial charge in [-0.15, -0.1) is 12.4 Å². The number of likely N-dealkylation sites (tertiary alicyclic amines) is 1. The molecule has 1 heterocycles. The molecule has 11 heteroatoms. The summed E-state index contributed by atoms with van der Waals surface area (Å²) in [5.74, 6) is -1.71. The fraction of sp³-hybridized carbons (Fsp3) is 0.421. The van der Waals surface area contributed by atoms with Crippen LogP contribution in [-0.4, -0.2) is 64.3 Å². The molecule has 0 unspecified atom stereocenters.